The number of thiophene rings is 1. The van der Waals surface area contributed by atoms with Gasteiger partial charge in [-0.3, -0.25) is 4.79 Å². The van der Waals surface area contributed by atoms with Crippen LogP contribution in [0.2, 0.25) is 0 Å². The molecule has 0 aliphatic carbocycles. The van der Waals surface area contributed by atoms with Crippen LogP contribution in [0.15, 0.2) is 58.8 Å². The van der Waals surface area contributed by atoms with Crippen molar-refractivity contribution in [2.45, 2.75) is 20.4 Å². The Balaban J connectivity index is 1.98. The lowest BCUT2D eigenvalue weighted by Gasteiger charge is -2.09. The molecule has 106 valence electrons. The van der Waals surface area contributed by atoms with E-state index in [0.29, 0.717) is 6.54 Å². The van der Waals surface area contributed by atoms with E-state index in [1.807, 2.05) is 18.3 Å². The molecule has 0 unspecified atom stereocenters. The molecule has 2 nitrogen and oxygen atoms in total. The molecule has 0 bridgehead atoms. The third-order valence-corrected chi connectivity index (χ3v) is 4.34. The van der Waals surface area contributed by atoms with Crippen LogP contribution in [0.4, 0.5) is 0 Å². The van der Waals surface area contributed by atoms with Gasteiger partial charge in [0.05, 0.1) is 6.54 Å². The van der Waals surface area contributed by atoms with Crippen molar-refractivity contribution in [3.63, 3.8) is 0 Å². The Bertz CT molecular complexity index is 795. The van der Waals surface area contributed by atoms with Crippen molar-refractivity contribution in [1.29, 1.82) is 0 Å². The largest absolute Gasteiger partial charge is 0.310 e. The Morgan fingerprint density at radius 3 is 2.48 bits per heavy atom. The number of aromatic nitrogens is 1. The van der Waals surface area contributed by atoms with E-state index in [2.05, 4.69) is 43.5 Å². The van der Waals surface area contributed by atoms with E-state index in [4.69, 9.17) is 0 Å². The number of pyridine rings is 1. The molecule has 2 aromatic heterocycles. The number of benzene rings is 1. The van der Waals surface area contributed by atoms with Gasteiger partial charge in [-0.15, -0.1) is 11.3 Å². The van der Waals surface area contributed by atoms with Crippen molar-refractivity contribution in [3.8, 4) is 10.4 Å². The zero-order valence-corrected chi connectivity index (χ0v) is 13.0. The summed E-state index contributed by atoms with van der Waals surface area (Å²) in [6.07, 6.45) is 1.95. The second kappa shape index (κ2) is 5.70. The zero-order valence-electron chi connectivity index (χ0n) is 12.2. The van der Waals surface area contributed by atoms with Gasteiger partial charge in [0.15, 0.2) is 0 Å². The molecule has 0 fully saturated rings. The van der Waals surface area contributed by atoms with Crippen molar-refractivity contribution in [3.05, 3.63) is 81.1 Å². The molecular formula is C18H17NOS. The first kappa shape index (κ1) is 13.8. The molecule has 2 heterocycles. The molecule has 0 radical (unpaired) electrons. The summed E-state index contributed by atoms with van der Waals surface area (Å²) in [6, 6.07) is 14.1. The topological polar surface area (TPSA) is 22.0 Å². The van der Waals surface area contributed by atoms with E-state index in [1.165, 1.54) is 16.0 Å². The van der Waals surface area contributed by atoms with Gasteiger partial charge >= 0.3 is 0 Å². The van der Waals surface area contributed by atoms with Crippen molar-refractivity contribution < 1.29 is 0 Å². The van der Waals surface area contributed by atoms with Gasteiger partial charge in [0.1, 0.15) is 0 Å². The fourth-order valence-electron chi connectivity index (χ4n) is 2.60. The lowest BCUT2D eigenvalue weighted by atomic mass is 10.1. The number of nitrogens with zero attached hydrogens (tertiary/aromatic N) is 1. The number of hydrogen-bond donors (Lipinski definition) is 0. The molecule has 0 atom stereocenters. The summed E-state index contributed by atoms with van der Waals surface area (Å²) >= 11 is 1.69. The molecule has 3 rings (SSSR count). The minimum Gasteiger partial charge on any atom is -0.310 e. The highest BCUT2D eigenvalue weighted by Crippen LogP contribution is 2.23. The summed E-state index contributed by atoms with van der Waals surface area (Å²) in [5, 5.41) is 2.05. The lowest BCUT2D eigenvalue weighted by Crippen LogP contribution is -2.19. The second-order valence-electron chi connectivity index (χ2n) is 5.36. The molecule has 0 saturated carbocycles. The Labute approximate surface area is 128 Å². The summed E-state index contributed by atoms with van der Waals surface area (Å²) in [5.74, 6) is 0. The molecule has 3 heteroatoms. The molecule has 0 amide bonds. The third kappa shape index (κ3) is 3.14. The van der Waals surface area contributed by atoms with E-state index in [9.17, 15) is 4.79 Å². The summed E-state index contributed by atoms with van der Waals surface area (Å²) in [7, 11) is 0. The summed E-state index contributed by atoms with van der Waals surface area (Å²) in [6.45, 7) is 4.78. The third-order valence-electron chi connectivity index (χ3n) is 3.42. The highest BCUT2D eigenvalue weighted by atomic mass is 32.1. The van der Waals surface area contributed by atoms with Crippen LogP contribution in [0, 0.1) is 13.8 Å². The summed E-state index contributed by atoms with van der Waals surface area (Å²) in [5.41, 5.74) is 4.75. The van der Waals surface area contributed by atoms with E-state index in [0.717, 1.165) is 11.1 Å². The van der Waals surface area contributed by atoms with Crippen molar-refractivity contribution in [2.24, 2.45) is 0 Å². The molecule has 21 heavy (non-hydrogen) atoms. The summed E-state index contributed by atoms with van der Waals surface area (Å²) < 4.78 is 1.78. The predicted molar refractivity (Wildman–Crippen MR) is 89.0 cm³/mol. The molecule has 0 saturated heterocycles. The minimum absolute atomic E-state index is 0.0365. The van der Waals surface area contributed by atoms with Gasteiger partial charge in [-0.25, -0.2) is 0 Å². The normalized spacial score (nSPS) is 10.8. The Morgan fingerprint density at radius 1 is 1.05 bits per heavy atom. The monoisotopic (exact) mass is 295 g/mol. The lowest BCUT2D eigenvalue weighted by molar-refractivity contribution is 0.760. The molecule has 1 aromatic carbocycles. The van der Waals surface area contributed by atoms with Gasteiger partial charge in [-0.2, -0.15) is 0 Å². The average molecular weight is 295 g/mol. The fraction of sp³-hybridized carbons (Fsp3) is 0.167. The van der Waals surface area contributed by atoms with E-state index >= 15 is 0 Å². The van der Waals surface area contributed by atoms with Crippen molar-refractivity contribution in [2.75, 3.05) is 0 Å². The number of rotatable bonds is 3. The van der Waals surface area contributed by atoms with E-state index in [1.54, 1.807) is 22.0 Å². The van der Waals surface area contributed by atoms with Crippen LogP contribution in [0.1, 0.15) is 16.7 Å². The highest BCUT2D eigenvalue weighted by molar-refractivity contribution is 7.13. The molecule has 0 N–H and O–H groups in total. The summed E-state index contributed by atoms with van der Waals surface area (Å²) in [4.78, 5) is 13.3. The van der Waals surface area contributed by atoms with E-state index in [-0.39, 0.29) is 5.56 Å². The van der Waals surface area contributed by atoms with Gasteiger partial charge in [0.25, 0.3) is 5.56 Å². The molecule has 3 aromatic rings. The first-order valence-electron chi connectivity index (χ1n) is 6.93. The van der Waals surface area contributed by atoms with Gasteiger partial charge in [-0.05, 0) is 36.9 Å². The number of aryl methyl sites for hydroxylation is 2. The number of hydrogen-bond acceptors (Lipinski definition) is 2. The standard InChI is InChI=1S/C18H17NOS/c1-13-8-14(2)10-15(9-13)11-19-12-16(5-6-18(19)20)17-4-3-7-21-17/h3-10,12H,11H2,1-2H3. The Kier molecular flexibility index (Phi) is 3.76. The molecular weight excluding hydrogens is 278 g/mol. The second-order valence-corrected chi connectivity index (χ2v) is 6.30. The van der Waals surface area contributed by atoms with Crippen LogP contribution in [-0.4, -0.2) is 4.57 Å². The molecule has 0 spiro atoms. The minimum atomic E-state index is 0.0365. The van der Waals surface area contributed by atoms with Gasteiger partial charge < -0.3 is 4.57 Å². The van der Waals surface area contributed by atoms with Gasteiger partial charge in [0, 0.05) is 22.7 Å². The Hall–Kier alpha value is -2.13. The SMILES string of the molecule is Cc1cc(C)cc(Cn2cc(-c3cccs3)ccc2=O)c1. The molecule has 0 aliphatic heterocycles. The highest BCUT2D eigenvalue weighted by Gasteiger charge is 2.04. The zero-order chi connectivity index (χ0) is 14.8. The quantitative estimate of drug-likeness (QED) is 0.708. The van der Waals surface area contributed by atoms with Gasteiger partial charge in [-0.1, -0.05) is 35.4 Å². The first-order chi connectivity index (χ1) is 10.1. The van der Waals surface area contributed by atoms with Crippen LogP contribution in [-0.2, 0) is 6.54 Å². The van der Waals surface area contributed by atoms with Crippen LogP contribution in [0.5, 0.6) is 0 Å². The molecule has 0 aliphatic rings. The fourth-order valence-corrected chi connectivity index (χ4v) is 3.32. The Morgan fingerprint density at radius 2 is 1.81 bits per heavy atom. The first-order valence-corrected chi connectivity index (χ1v) is 7.81. The maximum atomic E-state index is 12.1. The van der Waals surface area contributed by atoms with Gasteiger partial charge in [0.2, 0.25) is 0 Å². The average Bonchev–Trinajstić information content (AvgIpc) is 2.94. The van der Waals surface area contributed by atoms with Crippen LogP contribution in [0.25, 0.3) is 10.4 Å². The smallest absolute Gasteiger partial charge is 0.250 e. The van der Waals surface area contributed by atoms with Crippen LogP contribution in [0.3, 0.4) is 0 Å². The van der Waals surface area contributed by atoms with Crippen molar-refractivity contribution in [1.82, 2.24) is 4.57 Å². The van der Waals surface area contributed by atoms with E-state index < -0.39 is 0 Å². The van der Waals surface area contributed by atoms with Crippen molar-refractivity contribution >= 4 is 11.3 Å². The maximum Gasteiger partial charge on any atom is 0.250 e. The van der Waals surface area contributed by atoms with Crippen LogP contribution < -0.4 is 5.56 Å². The van der Waals surface area contributed by atoms with Crippen LogP contribution >= 0.6 is 11.3 Å². The predicted octanol–water partition coefficient (Wildman–Crippen LogP) is 4.24. The maximum absolute atomic E-state index is 12.1.